The second-order valence-electron chi connectivity index (χ2n) is 4.19. The summed E-state index contributed by atoms with van der Waals surface area (Å²) in [6.07, 6.45) is 0.833. The first-order valence-corrected chi connectivity index (χ1v) is 5.94. The number of fused-ring (bicyclic) bond motifs is 1. The molecule has 0 N–H and O–H groups in total. The Kier molecular flexibility index (Phi) is 2.80. The van der Waals surface area contributed by atoms with Crippen LogP contribution in [-0.2, 0) is 0 Å². The monoisotopic (exact) mass is 252 g/mol. The van der Waals surface area contributed by atoms with Gasteiger partial charge in [-0.05, 0) is 12.1 Å². The number of rotatable bonds is 3. The molecule has 0 saturated heterocycles. The minimum Gasteiger partial charge on any atom is -0.493 e. The van der Waals surface area contributed by atoms with E-state index in [0.717, 1.165) is 17.2 Å². The lowest BCUT2D eigenvalue weighted by atomic mass is 10.1. The summed E-state index contributed by atoms with van der Waals surface area (Å²) in [5, 5.41) is 0.954. The van der Waals surface area contributed by atoms with E-state index in [2.05, 4.69) is 0 Å². The molecule has 0 aliphatic rings. The molecule has 0 amide bonds. The van der Waals surface area contributed by atoms with E-state index in [-0.39, 0.29) is 0 Å². The van der Waals surface area contributed by atoms with Gasteiger partial charge in [0.05, 0.1) is 7.11 Å². The number of aldehydes is 1. The first kappa shape index (κ1) is 11.5. The van der Waals surface area contributed by atoms with E-state index in [9.17, 15) is 4.79 Å². The van der Waals surface area contributed by atoms with Gasteiger partial charge in [0.2, 0.25) is 0 Å². The Bertz CT molecular complexity index is 741. The predicted molar refractivity (Wildman–Crippen MR) is 73.6 cm³/mol. The fourth-order valence-electron chi connectivity index (χ4n) is 2.15. The second-order valence-corrected chi connectivity index (χ2v) is 4.19. The van der Waals surface area contributed by atoms with Crippen LogP contribution in [0.15, 0.2) is 52.9 Å². The summed E-state index contributed by atoms with van der Waals surface area (Å²) in [6, 6.07) is 15.0. The Morgan fingerprint density at radius 1 is 1.11 bits per heavy atom. The van der Waals surface area contributed by atoms with Gasteiger partial charge < -0.3 is 9.15 Å². The SMILES string of the molecule is COc1cccc2cc(-c3ccccc3C=O)oc12. The van der Waals surface area contributed by atoms with Crippen LogP contribution >= 0.6 is 0 Å². The minimum absolute atomic E-state index is 0.612. The van der Waals surface area contributed by atoms with Crippen molar-refractivity contribution < 1.29 is 13.9 Å². The first-order valence-electron chi connectivity index (χ1n) is 5.94. The summed E-state index contributed by atoms with van der Waals surface area (Å²) in [5.74, 6) is 1.36. The zero-order valence-electron chi connectivity index (χ0n) is 10.4. The van der Waals surface area contributed by atoms with Gasteiger partial charge in [-0.15, -0.1) is 0 Å². The third-order valence-corrected chi connectivity index (χ3v) is 3.08. The third-order valence-electron chi connectivity index (χ3n) is 3.08. The number of hydrogen-bond donors (Lipinski definition) is 0. The lowest BCUT2D eigenvalue weighted by molar-refractivity contribution is 0.112. The highest BCUT2D eigenvalue weighted by Crippen LogP contribution is 2.34. The van der Waals surface area contributed by atoms with E-state index >= 15 is 0 Å². The average molecular weight is 252 g/mol. The van der Waals surface area contributed by atoms with Gasteiger partial charge in [0.15, 0.2) is 17.6 Å². The molecule has 0 aliphatic carbocycles. The molecule has 0 aliphatic heterocycles. The molecule has 3 nitrogen and oxygen atoms in total. The highest BCUT2D eigenvalue weighted by Gasteiger charge is 2.12. The molecule has 1 aromatic heterocycles. The van der Waals surface area contributed by atoms with Crippen LogP contribution in [0.2, 0.25) is 0 Å². The standard InChI is InChI=1S/C16H12O3/c1-18-14-8-4-6-11-9-15(19-16(11)14)13-7-3-2-5-12(13)10-17/h2-10H,1H3. The van der Waals surface area contributed by atoms with Crippen molar-refractivity contribution in [2.75, 3.05) is 7.11 Å². The molecule has 0 spiro atoms. The molecule has 3 rings (SSSR count). The molecule has 0 radical (unpaired) electrons. The van der Waals surface area contributed by atoms with Gasteiger partial charge in [0.25, 0.3) is 0 Å². The number of carbonyl (C=O) groups is 1. The number of furan rings is 1. The minimum atomic E-state index is 0.612. The fraction of sp³-hybridized carbons (Fsp3) is 0.0625. The largest absolute Gasteiger partial charge is 0.493 e. The average Bonchev–Trinajstić information content (AvgIpc) is 2.90. The normalized spacial score (nSPS) is 10.6. The highest BCUT2D eigenvalue weighted by molar-refractivity contribution is 5.91. The molecule has 94 valence electrons. The van der Waals surface area contributed by atoms with Crippen LogP contribution in [0.1, 0.15) is 10.4 Å². The van der Waals surface area contributed by atoms with Crippen molar-refractivity contribution in [1.29, 1.82) is 0 Å². The molecule has 0 saturated carbocycles. The smallest absolute Gasteiger partial charge is 0.176 e. The number of hydrogen-bond acceptors (Lipinski definition) is 3. The van der Waals surface area contributed by atoms with Crippen molar-refractivity contribution in [2.24, 2.45) is 0 Å². The van der Waals surface area contributed by atoms with Crippen molar-refractivity contribution in [1.82, 2.24) is 0 Å². The third kappa shape index (κ3) is 1.89. The molecule has 3 heteroatoms. The van der Waals surface area contributed by atoms with Gasteiger partial charge in [-0.25, -0.2) is 0 Å². The predicted octanol–water partition coefficient (Wildman–Crippen LogP) is 3.92. The van der Waals surface area contributed by atoms with Crippen LogP contribution < -0.4 is 4.74 Å². The van der Waals surface area contributed by atoms with Gasteiger partial charge in [0, 0.05) is 16.5 Å². The molecule has 2 aromatic carbocycles. The van der Waals surface area contributed by atoms with Gasteiger partial charge in [-0.1, -0.05) is 36.4 Å². The molecule has 0 unspecified atom stereocenters. The van der Waals surface area contributed by atoms with Crippen molar-refractivity contribution in [3.05, 3.63) is 54.1 Å². The van der Waals surface area contributed by atoms with Crippen molar-refractivity contribution in [2.45, 2.75) is 0 Å². The molecular weight excluding hydrogens is 240 g/mol. The van der Waals surface area contributed by atoms with Gasteiger partial charge in [0.1, 0.15) is 5.76 Å². The quantitative estimate of drug-likeness (QED) is 0.663. The Morgan fingerprint density at radius 3 is 2.74 bits per heavy atom. The van der Waals surface area contributed by atoms with E-state index in [1.807, 2.05) is 42.5 Å². The summed E-state index contributed by atoms with van der Waals surface area (Å²) >= 11 is 0. The maximum atomic E-state index is 11.1. The van der Waals surface area contributed by atoms with E-state index < -0.39 is 0 Å². The molecule has 0 bridgehead atoms. The molecule has 19 heavy (non-hydrogen) atoms. The molecule has 0 fully saturated rings. The molecule has 0 atom stereocenters. The van der Waals surface area contributed by atoms with E-state index in [4.69, 9.17) is 9.15 Å². The number of ether oxygens (including phenoxy) is 1. The van der Waals surface area contributed by atoms with Gasteiger partial charge in [-0.3, -0.25) is 4.79 Å². The van der Waals surface area contributed by atoms with Crippen LogP contribution in [0.3, 0.4) is 0 Å². The Hall–Kier alpha value is -2.55. The van der Waals surface area contributed by atoms with Crippen LogP contribution in [0.25, 0.3) is 22.3 Å². The zero-order valence-corrected chi connectivity index (χ0v) is 10.4. The van der Waals surface area contributed by atoms with Crippen LogP contribution in [0.4, 0.5) is 0 Å². The number of para-hydroxylation sites is 1. The number of carbonyl (C=O) groups excluding carboxylic acids is 1. The summed E-state index contributed by atoms with van der Waals surface area (Å²) < 4.78 is 11.1. The zero-order chi connectivity index (χ0) is 13.2. The number of methoxy groups -OCH3 is 1. The van der Waals surface area contributed by atoms with E-state index in [0.29, 0.717) is 22.7 Å². The fourth-order valence-corrected chi connectivity index (χ4v) is 2.15. The van der Waals surface area contributed by atoms with Crippen molar-refractivity contribution in [3.63, 3.8) is 0 Å². The Morgan fingerprint density at radius 2 is 1.95 bits per heavy atom. The molecular formula is C16H12O3. The highest BCUT2D eigenvalue weighted by atomic mass is 16.5. The molecule has 1 heterocycles. The van der Waals surface area contributed by atoms with Crippen LogP contribution in [0.5, 0.6) is 5.75 Å². The Balaban J connectivity index is 2.23. The lowest BCUT2D eigenvalue weighted by Gasteiger charge is -2.00. The molecule has 3 aromatic rings. The van der Waals surface area contributed by atoms with Crippen LogP contribution in [0, 0.1) is 0 Å². The van der Waals surface area contributed by atoms with Crippen molar-refractivity contribution in [3.8, 4) is 17.1 Å². The second kappa shape index (κ2) is 4.61. The summed E-state index contributed by atoms with van der Waals surface area (Å²) in [6.45, 7) is 0. The number of benzene rings is 2. The van der Waals surface area contributed by atoms with Gasteiger partial charge >= 0.3 is 0 Å². The van der Waals surface area contributed by atoms with Crippen LogP contribution in [-0.4, -0.2) is 13.4 Å². The van der Waals surface area contributed by atoms with E-state index in [1.54, 1.807) is 13.2 Å². The van der Waals surface area contributed by atoms with Gasteiger partial charge in [-0.2, -0.15) is 0 Å². The summed E-state index contributed by atoms with van der Waals surface area (Å²) in [4.78, 5) is 11.1. The lowest BCUT2D eigenvalue weighted by Crippen LogP contribution is -1.84. The van der Waals surface area contributed by atoms with Crippen molar-refractivity contribution >= 4 is 17.3 Å². The van der Waals surface area contributed by atoms with E-state index in [1.165, 1.54) is 0 Å². The first-order chi connectivity index (χ1) is 9.33. The Labute approximate surface area is 110 Å². The maximum absolute atomic E-state index is 11.1. The summed E-state index contributed by atoms with van der Waals surface area (Å²) in [5.41, 5.74) is 2.09. The topological polar surface area (TPSA) is 39.4 Å². The maximum Gasteiger partial charge on any atom is 0.176 e. The summed E-state index contributed by atoms with van der Waals surface area (Å²) in [7, 11) is 1.61.